The highest BCUT2D eigenvalue weighted by Crippen LogP contribution is 2.29. The number of likely N-dealkylation sites (tertiary alicyclic amines) is 1. The lowest BCUT2D eigenvalue weighted by Crippen LogP contribution is -2.57. The Morgan fingerprint density at radius 1 is 1.42 bits per heavy atom. The molecular formula is C8H11N3O. The van der Waals surface area contributed by atoms with E-state index in [4.69, 9.17) is 0 Å². The largest absolute Gasteiger partial charge is 0.382 e. The van der Waals surface area contributed by atoms with Crippen LogP contribution in [0.5, 0.6) is 0 Å². The second-order valence-corrected chi connectivity index (χ2v) is 3.33. The molecule has 0 spiro atoms. The van der Waals surface area contributed by atoms with Gasteiger partial charge in [-0.1, -0.05) is 0 Å². The Kier molecular flexibility index (Phi) is 1.59. The lowest BCUT2D eigenvalue weighted by atomic mass is 9.89. The first-order valence-corrected chi connectivity index (χ1v) is 3.87. The van der Waals surface area contributed by atoms with E-state index in [1.165, 1.54) is 6.33 Å². The molecule has 64 valence electrons. The van der Waals surface area contributed by atoms with Crippen LogP contribution >= 0.6 is 0 Å². The maximum atomic E-state index is 9.93. The molecule has 1 aromatic heterocycles. The van der Waals surface area contributed by atoms with Gasteiger partial charge in [-0.25, -0.2) is 9.97 Å². The van der Waals surface area contributed by atoms with Crippen LogP contribution in [0.15, 0.2) is 18.7 Å². The Morgan fingerprint density at radius 3 is 2.50 bits per heavy atom. The van der Waals surface area contributed by atoms with Crippen molar-refractivity contribution in [3.63, 3.8) is 0 Å². The van der Waals surface area contributed by atoms with Crippen LogP contribution in [0.2, 0.25) is 0 Å². The van der Waals surface area contributed by atoms with Gasteiger partial charge < -0.3 is 5.11 Å². The lowest BCUT2D eigenvalue weighted by Gasteiger charge is -2.44. The van der Waals surface area contributed by atoms with Crippen molar-refractivity contribution in [3.05, 3.63) is 24.3 Å². The van der Waals surface area contributed by atoms with Gasteiger partial charge in [-0.05, 0) is 7.05 Å². The maximum Gasteiger partial charge on any atom is 0.118 e. The highest BCUT2D eigenvalue weighted by molar-refractivity contribution is 5.19. The molecule has 2 rings (SSSR count). The van der Waals surface area contributed by atoms with Crippen molar-refractivity contribution in [2.24, 2.45) is 0 Å². The van der Waals surface area contributed by atoms with Gasteiger partial charge in [0.2, 0.25) is 0 Å². The average Bonchev–Trinajstić information content (AvgIpc) is 2.04. The summed E-state index contributed by atoms with van der Waals surface area (Å²) in [5.41, 5.74) is 0.0961. The fourth-order valence-electron chi connectivity index (χ4n) is 1.57. The summed E-state index contributed by atoms with van der Waals surface area (Å²) in [7, 11) is 1.97. The Bertz CT molecular complexity index is 269. The predicted octanol–water partition coefficient (Wildman–Crippen LogP) is -0.390. The molecule has 0 aliphatic carbocycles. The molecule has 1 N–H and O–H groups in total. The summed E-state index contributed by atoms with van der Waals surface area (Å²) >= 11 is 0. The van der Waals surface area contributed by atoms with Crippen molar-refractivity contribution < 1.29 is 5.11 Å². The van der Waals surface area contributed by atoms with Gasteiger partial charge in [-0.15, -0.1) is 0 Å². The number of β-amino-alcohol motifs (C(OH)–C–C–N with tert-alkyl or cyclic N) is 1. The van der Waals surface area contributed by atoms with Crippen LogP contribution in [-0.4, -0.2) is 40.1 Å². The summed E-state index contributed by atoms with van der Waals surface area (Å²) in [6.07, 6.45) is 4.80. The molecule has 1 aromatic rings. The third kappa shape index (κ3) is 1.09. The normalized spacial score (nSPS) is 21.8. The summed E-state index contributed by atoms with van der Waals surface area (Å²) in [5, 5.41) is 9.93. The Labute approximate surface area is 70.9 Å². The molecule has 0 unspecified atom stereocenters. The van der Waals surface area contributed by atoms with Gasteiger partial charge in [0.1, 0.15) is 11.9 Å². The van der Waals surface area contributed by atoms with Crippen LogP contribution in [0.25, 0.3) is 0 Å². The molecule has 1 saturated heterocycles. The van der Waals surface area contributed by atoms with E-state index >= 15 is 0 Å². The average molecular weight is 165 g/mol. The van der Waals surface area contributed by atoms with Gasteiger partial charge in [0.15, 0.2) is 0 Å². The van der Waals surface area contributed by atoms with Crippen molar-refractivity contribution in [3.8, 4) is 0 Å². The summed E-state index contributed by atoms with van der Waals surface area (Å²) in [6, 6.07) is 0. The first-order chi connectivity index (χ1) is 5.71. The minimum absolute atomic E-state index is 0.667. The standard InChI is InChI=1S/C8H11N3O/c1-11-4-8(12,5-11)7-2-9-6-10-3-7/h2-3,6,12H,4-5H2,1H3. The topological polar surface area (TPSA) is 49.2 Å². The quantitative estimate of drug-likeness (QED) is 0.615. The summed E-state index contributed by atoms with van der Waals surface area (Å²) in [5.74, 6) is 0. The minimum atomic E-state index is -0.712. The molecule has 4 heteroatoms. The van der Waals surface area contributed by atoms with E-state index in [2.05, 4.69) is 9.97 Å². The molecule has 1 aliphatic rings. The highest BCUT2D eigenvalue weighted by atomic mass is 16.3. The minimum Gasteiger partial charge on any atom is -0.382 e. The molecule has 0 atom stereocenters. The molecule has 0 amide bonds. The molecule has 4 nitrogen and oxygen atoms in total. The fourth-order valence-corrected chi connectivity index (χ4v) is 1.57. The van der Waals surface area contributed by atoms with Crippen LogP contribution < -0.4 is 0 Å². The molecule has 0 bridgehead atoms. The third-order valence-corrected chi connectivity index (χ3v) is 2.16. The van der Waals surface area contributed by atoms with Crippen LogP contribution in [0.4, 0.5) is 0 Å². The SMILES string of the molecule is CN1CC(O)(c2cncnc2)C1. The van der Waals surface area contributed by atoms with E-state index in [1.807, 2.05) is 11.9 Å². The lowest BCUT2D eigenvalue weighted by molar-refractivity contribution is -0.0923. The first kappa shape index (κ1) is 7.64. The second-order valence-electron chi connectivity index (χ2n) is 3.33. The van der Waals surface area contributed by atoms with Crippen LogP contribution in [-0.2, 0) is 5.60 Å². The second kappa shape index (κ2) is 2.50. The molecule has 0 radical (unpaired) electrons. The molecule has 1 fully saturated rings. The number of hydrogen-bond acceptors (Lipinski definition) is 4. The van der Waals surface area contributed by atoms with Gasteiger partial charge in [-0.3, -0.25) is 4.90 Å². The van der Waals surface area contributed by atoms with Crippen LogP contribution in [0.1, 0.15) is 5.56 Å². The van der Waals surface area contributed by atoms with Gasteiger partial charge in [0, 0.05) is 31.0 Å². The van der Waals surface area contributed by atoms with E-state index in [0.29, 0.717) is 13.1 Å². The summed E-state index contributed by atoms with van der Waals surface area (Å²) in [4.78, 5) is 9.79. The predicted molar refractivity (Wildman–Crippen MR) is 43.4 cm³/mol. The van der Waals surface area contributed by atoms with Gasteiger partial charge >= 0.3 is 0 Å². The number of aromatic nitrogens is 2. The smallest absolute Gasteiger partial charge is 0.118 e. The number of nitrogens with zero attached hydrogens (tertiary/aromatic N) is 3. The fraction of sp³-hybridized carbons (Fsp3) is 0.500. The zero-order valence-corrected chi connectivity index (χ0v) is 6.94. The number of likely N-dealkylation sites (N-methyl/N-ethyl adjacent to an activating group) is 1. The van der Waals surface area contributed by atoms with Gasteiger partial charge in [-0.2, -0.15) is 0 Å². The summed E-state index contributed by atoms with van der Waals surface area (Å²) < 4.78 is 0. The Morgan fingerprint density at radius 2 is 2.00 bits per heavy atom. The van der Waals surface area contributed by atoms with Gasteiger partial charge in [0.05, 0.1) is 0 Å². The number of aliphatic hydroxyl groups is 1. The van der Waals surface area contributed by atoms with Crippen LogP contribution in [0.3, 0.4) is 0 Å². The van der Waals surface area contributed by atoms with Crippen molar-refractivity contribution in [1.29, 1.82) is 0 Å². The highest BCUT2D eigenvalue weighted by Gasteiger charge is 2.40. The molecule has 2 heterocycles. The monoisotopic (exact) mass is 165 g/mol. The zero-order chi connectivity index (χ0) is 8.60. The molecule has 0 aromatic carbocycles. The van der Waals surface area contributed by atoms with E-state index in [0.717, 1.165) is 5.56 Å². The maximum absolute atomic E-state index is 9.93. The molecule has 12 heavy (non-hydrogen) atoms. The van der Waals surface area contributed by atoms with E-state index in [1.54, 1.807) is 12.4 Å². The van der Waals surface area contributed by atoms with E-state index in [9.17, 15) is 5.11 Å². The number of hydrogen-bond donors (Lipinski definition) is 1. The zero-order valence-electron chi connectivity index (χ0n) is 6.94. The van der Waals surface area contributed by atoms with Crippen molar-refractivity contribution >= 4 is 0 Å². The molecule has 0 saturated carbocycles. The van der Waals surface area contributed by atoms with Gasteiger partial charge in [0.25, 0.3) is 0 Å². The van der Waals surface area contributed by atoms with Crippen molar-refractivity contribution in [2.75, 3.05) is 20.1 Å². The van der Waals surface area contributed by atoms with Crippen molar-refractivity contribution in [1.82, 2.24) is 14.9 Å². The van der Waals surface area contributed by atoms with E-state index < -0.39 is 5.60 Å². The Balaban J connectivity index is 2.21. The first-order valence-electron chi connectivity index (χ1n) is 3.87. The van der Waals surface area contributed by atoms with Crippen LogP contribution in [0, 0.1) is 0 Å². The van der Waals surface area contributed by atoms with E-state index in [-0.39, 0.29) is 0 Å². The summed E-state index contributed by atoms with van der Waals surface area (Å²) in [6.45, 7) is 1.33. The Hall–Kier alpha value is -1.00. The molecular weight excluding hydrogens is 154 g/mol. The van der Waals surface area contributed by atoms with Crippen molar-refractivity contribution in [2.45, 2.75) is 5.60 Å². The third-order valence-electron chi connectivity index (χ3n) is 2.16. The number of rotatable bonds is 1. The molecule has 1 aliphatic heterocycles.